The number of hydrogen-bond donors (Lipinski definition) is 1. The molecule has 2 aliphatic rings. The summed E-state index contributed by atoms with van der Waals surface area (Å²) in [7, 11) is 0. The molecule has 40 heavy (non-hydrogen) atoms. The van der Waals surface area contributed by atoms with Gasteiger partial charge >= 0.3 is 11.9 Å². The molecular weight excluding hydrogens is 548 g/mol. The second-order valence-electron chi connectivity index (χ2n) is 9.64. The number of carbonyl (C=O) groups excluding carboxylic acids is 4. The van der Waals surface area contributed by atoms with Crippen LogP contribution in [0.2, 0.25) is 0 Å². The summed E-state index contributed by atoms with van der Waals surface area (Å²) in [4.78, 5) is 55.1. The summed E-state index contributed by atoms with van der Waals surface area (Å²) in [5.41, 5.74) is 1.51. The fourth-order valence-electron chi connectivity index (χ4n) is 4.64. The summed E-state index contributed by atoms with van der Waals surface area (Å²) >= 11 is 2.65. The Balaban J connectivity index is 1.41. The van der Waals surface area contributed by atoms with Gasteiger partial charge in [0.2, 0.25) is 11.8 Å². The molecular formula is C30H28N2O6S2. The van der Waals surface area contributed by atoms with Gasteiger partial charge in [0.1, 0.15) is 11.4 Å². The average molecular weight is 577 g/mol. The van der Waals surface area contributed by atoms with E-state index in [0.29, 0.717) is 0 Å². The van der Waals surface area contributed by atoms with E-state index in [4.69, 9.17) is 9.47 Å². The van der Waals surface area contributed by atoms with Gasteiger partial charge in [-0.15, -0.1) is 23.1 Å². The van der Waals surface area contributed by atoms with Crippen molar-refractivity contribution in [3.05, 3.63) is 105 Å². The third-order valence-electron chi connectivity index (χ3n) is 6.46. The highest BCUT2D eigenvalue weighted by molar-refractivity contribution is 8.03. The van der Waals surface area contributed by atoms with Crippen molar-refractivity contribution in [2.75, 3.05) is 0 Å². The van der Waals surface area contributed by atoms with Crippen LogP contribution in [0.3, 0.4) is 0 Å². The first-order valence-corrected chi connectivity index (χ1v) is 14.7. The maximum Gasteiger partial charge on any atom is 0.337 e. The Morgan fingerprint density at radius 3 is 2.15 bits per heavy atom. The lowest BCUT2D eigenvalue weighted by Gasteiger charge is -2.51. The molecule has 1 saturated heterocycles. The van der Waals surface area contributed by atoms with Gasteiger partial charge in [-0.2, -0.15) is 0 Å². The number of thioether (sulfide) groups is 1. The Labute approximate surface area is 240 Å². The SMILES string of the molecule is CC(C)OC(=O)C1=CS[C@@H]2C(NC(=O)Cc3cccs3)C(=O)N2C1C(=O)OC(c1ccccc1)c1ccccc1. The lowest BCUT2D eigenvalue weighted by atomic mass is 9.97. The number of thiophene rings is 1. The molecule has 1 fully saturated rings. The van der Waals surface area contributed by atoms with Crippen molar-refractivity contribution < 1.29 is 28.7 Å². The summed E-state index contributed by atoms with van der Waals surface area (Å²) in [6.45, 7) is 3.42. The number of fused-ring (bicyclic) bond motifs is 1. The van der Waals surface area contributed by atoms with E-state index >= 15 is 0 Å². The van der Waals surface area contributed by atoms with Crippen LogP contribution in [0, 0.1) is 0 Å². The topological polar surface area (TPSA) is 102 Å². The summed E-state index contributed by atoms with van der Waals surface area (Å²) in [6.07, 6.45) is -1.03. The lowest BCUT2D eigenvalue weighted by Crippen LogP contribution is -2.74. The van der Waals surface area contributed by atoms with Crippen molar-refractivity contribution in [2.45, 2.75) is 49.9 Å². The third-order valence-corrected chi connectivity index (χ3v) is 8.50. The van der Waals surface area contributed by atoms with Crippen LogP contribution in [0.15, 0.2) is 89.2 Å². The van der Waals surface area contributed by atoms with Crippen LogP contribution in [0.1, 0.15) is 36.0 Å². The van der Waals surface area contributed by atoms with Crippen LogP contribution in [0.5, 0.6) is 0 Å². The summed E-state index contributed by atoms with van der Waals surface area (Å²) in [5.74, 6) is -2.20. The molecule has 5 rings (SSSR count). The quantitative estimate of drug-likeness (QED) is 0.301. The van der Waals surface area contributed by atoms with Crippen LogP contribution in [-0.4, -0.2) is 52.2 Å². The largest absolute Gasteiger partial charge is 0.460 e. The minimum Gasteiger partial charge on any atom is -0.460 e. The molecule has 2 unspecified atom stereocenters. The van der Waals surface area contributed by atoms with Gasteiger partial charge in [0.25, 0.3) is 0 Å². The van der Waals surface area contributed by atoms with Gasteiger partial charge in [0.05, 0.1) is 18.1 Å². The highest BCUT2D eigenvalue weighted by atomic mass is 32.2. The number of amides is 2. The summed E-state index contributed by atoms with van der Waals surface area (Å²) in [5, 5.41) is 5.65. The summed E-state index contributed by atoms with van der Waals surface area (Å²) < 4.78 is 11.5. The maximum atomic E-state index is 13.9. The number of rotatable bonds is 9. The Hall–Kier alpha value is -3.89. The normalized spacial score (nSPS) is 19.9. The number of nitrogens with one attached hydrogen (secondary N) is 1. The standard InChI is InChI=1S/C30H28N2O6S2/c1-18(2)37-29(35)22-17-40-28-24(31-23(33)16-21-14-9-15-39-21)27(34)32(28)25(22)30(36)38-26(19-10-5-3-6-11-19)20-12-7-4-8-13-20/h3-15,17-18,24-26,28H,16H2,1-2H3,(H,31,33)/t24?,25?,28-/m1/s1. The van der Waals surface area contributed by atoms with Gasteiger partial charge < -0.3 is 19.7 Å². The molecule has 3 aromatic rings. The number of carbonyl (C=O) groups is 4. The Kier molecular flexibility index (Phi) is 8.37. The second kappa shape index (κ2) is 12.1. The zero-order valence-corrected chi connectivity index (χ0v) is 23.5. The molecule has 10 heteroatoms. The Bertz CT molecular complexity index is 1370. The van der Waals surface area contributed by atoms with Crippen molar-refractivity contribution in [2.24, 2.45) is 0 Å². The second-order valence-corrected chi connectivity index (χ2v) is 11.7. The van der Waals surface area contributed by atoms with Gasteiger partial charge in [-0.25, -0.2) is 9.59 Å². The molecule has 0 saturated carbocycles. The molecule has 2 aliphatic heterocycles. The third kappa shape index (κ3) is 5.83. The zero-order valence-electron chi connectivity index (χ0n) is 21.9. The minimum atomic E-state index is -1.31. The van der Waals surface area contributed by atoms with E-state index in [1.807, 2.05) is 78.2 Å². The molecule has 0 aliphatic carbocycles. The highest BCUT2D eigenvalue weighted by Crippen LogP contribution is 2.41. The maximum absolute atomic E-state index is 13.9. The number of esters is 2. The van der Waals surface area contributed by atoms with Crippen molar-refractivity contribution in [3.8, 4) is 0 Å². The highest BCUT2D eigenvalue weighted by Gasteiger charge is 2.57. The van der Waals surface area contributed by atoms with E-state index in [-0.39, 0.29) is 17.9 Å². The zero-order chi connectivity index (χ0) is 28.2. The van der Waals surface area contributed by atoms with Gasteiger partial charge in [-0.05, 0) is 41.8 Å². The fourth-order valence-corrected chi connectivity index (χ4v) is 6.55. The number of β-lactam (4-membered cyclic amide) rings is 1. The predicted octanol–water partition coefficient (Wildman–Crippen LogP) is 4.23. The Morgan fingerprint density at radius 1 is 0.925 bits per heavy atom. The van der Waals surface area contributed by atoms with E-state index in [2.05, 4.69) is 5.32 Å². The van der Waals surface area contributed by atoms with E-state index in [1.165, 1.54) is 28.0 Å². The molecule has 3 heterocycles. The van der Waals surface area contributed by atoms with Gasteiger partial charge in [-0.1, -0.05) is 66.7 Å². The monoisotopic (exact) mass is 576 g/mol. The molecule has 1 N–H and O–H groups in total. The molecule has 206 valence electrons. The predicted molar refractivity (Wildman–Crippen MR) is 152 cm³/mol. The first-order valence-electron chi connectivity index (χ1n) is 12.8. The Morgan fingerprint density at radius 2 is 1.57 bits per heavy atom. The smallest absolute Gasteiger partial charge is 0.337 e. The van der Waals surface area contributed by atoms with E-state index in [1.54, 1.807) is 19.3 Å². The van der Waals surface area contributed by atoms with Gasteiger partial charge in [-0.3, -0.25) is 9.59 Å². The van der Waals surface area contributed by atoms with Crippen molar-refractivity contribution in [3.63, 3.8) is 0 Å². The average Bonchev–Trinajstić information content (AvgIpc) is 3.47. The van der Waals surface area contributed by atoms with E-state index < -0.39 is 47.5 Å². The van der Waals surface area contributed by atoms with Crippen LogP contribution in [0.4, 0.5) is 0 Å². The van der Waals surface area contributed by atoms with Gasteiger partial charge in [0, 0.05) is 4.88 Å². The lowest BCUT2D eigenvalue weighted by molar-refractivity contribution is -0.167. The van der Waals surface area contributed by atoms with E-state index in [9.17, 15) is 19.2 Å². The molecule has 8 nitrogen and oxygen atoms in total. The molecule has 0 bridgehead atoms. The van der Waals surface area contributed by atoms with Crippen molar-refractivity contribution >= 4 is 46.9 Å². The molecule has 2 aromatic carbocycles. The number of nitrogens with zero attached hydrogens (tertiary/aromatic N) is 1. The van der Waals surface area contributed by atoms with Crippen molar-refractivity contribution in [1.29, 1.82) is 0 Å². The van der Waals surface area contributed by atoms with Crippen molar-refractivity contribution in [1.82, 2.24) is 10.2 Å². The van der Waals surface area contributed by atoms with Crippen LogP contribution < -0.4 is 5.32 Å². The number of hydrogen-bond acceptors (Lipinski definition) is 8. The van der Waals surface area contributed by atoms with Crippen LogP contribution in [-0.2, 0) is 35.1 Å². The molecule has 0 radical (unpaired) electrons. The number of benzene rings is 2. The first-order chi connectivity index (χ1) is 19.3. The number of ether oxygens (including phenoxy) is 2. The van der Waals surface area contributed by atoms with Crippen LogP contribution in [0.25, 0.3) is 0 Å². The van der Waals surface area contributed by atoms with E-state index in [0.717, 1.165) is 16.0 Å². The van der Waals surface area contributed by atoms with Crippen LogP contribution >= 0.6 is 23.1 Å². The minimum absolute atomic E-state index is 0.0246. The summed E-state index contributed by atoms with van der Waals surface area (Å²) in [6, 6.07) is 20.1. The first kappa shape index (κ1) is 27.7. The molecule has 0 spiro atoms. The fraction of sp³-hybridized carbons (Fsp3) is 0.267. The molecule has 3 atom stereocenters. The molecule has 2 amide bonds. The molecule has 1 aromatic heterocycles. The van der Waals surface area contributed by atoms with Gasteiger partial charge in [0.15, 0.2) is 12.1 Å².